The minimum absolute atomic E-state index is 0.0233. The van der Waals surface area contributed by atoms with E-state index in [0.29, 0.717) is 31.7 Å². The number of aromatic nitrogens is 2. The second-order valence-electron chi connectivity index (χ2n) is 7.97. The molecular formula is C25H27N5O4. The van der Waals surface area contributed by atoms with E-state index in [1.165, 1.54) is 16.8 Å². The zero-order valence-electron chi connectivity index (χ0n) is 18.7. The largest absolute Gasteiger partial charge is 0.492 e. The lowest BCUT2D eigenvalue weighted by Gasteiger charge is -2.32. The van der Waals surface area contributed by atoms with Gasteiger partial charge in [0.25, 0.3) is 11.5 Å². The molecule has 0 aliphatic carbocycles. The maximum atomic E-state index is 12.9. The normalized spacial score (nSPS) is 13.8. The van der Waals surface area contributed by atoms with Crippen LogP contribution in [0.4, 0.5) is 10.5 Å². The average Bonchev–Trinajstić information content (AvgIpc) is 2.86. The molecule has 1 aliphatic rings. The number of para-hydroxylation sites is 2. The van der Waals surface area contributed by atoms with Gasteiger partial charge in [0.2, 0.25) is 0 Å². The van der Waals surface area contributed by atoms with Gasteiger partial charge in [0.05, 0.1) is 6.54 Å². The fourth-order valence-corrected chi connectivity index (χ4v) is 3.75. The van der Waals surface area contributed by atoms with Crippen molar-refractivity contribution >= 4 is 17.6 Å². The number of rotatable bonds is 7. The highest BCUT2D eigenvalue weighted by atomic mass is 16.5. The van der Waals surface area contributed by atoms with Crippen molar-refractivity contribution in [2.75, 3.05) is 25.0 Å². The van der Waals surface area contributed by atoms with Gasteiger partial charge in [-0.25, -0.2) is 9.48 Å². The third-order valence-corrected chi connectivity index (χ3v) is 5.55. The van der Waals surface area contributed by atoms with Crippen LogP contribution in [0.25, 0.3) is 0 Å². The van der Waals surface area contributed by atoms with Crippen LogP contribution in [0.3, 0.4) is 0 Å². The van der Waals surface area contributed by atoms with Crippen LogP contribution in [0.1, 0.15) is 23.3 Å². The van der Waals surface area contributed by atoms with E-state index in [1.807, 2.05) is 60.7 Å². The Labute approximate surface area is 197 Å². The topological polar surface area (TPSA) is 106 Å². The van der Waals surface area contributed by atoms with Gasteiger partial charge in [0.1, 0.15) is 18.1 Å². The Morgan fingerprint density at radius 3 is 2.32 bits per heavy atom. The van der Waals surface area contributed by atoms with E-state index >= 15 is 0 Å². The molecule has 0 spiro atoms. The third-order valence-electron chi connectivity index (χ3n) is 5.55. The van der Waals surface area contributed by atoms with Crippen molar-refractivity contribution < 1.29 is 14.3 Å². The Morgan fingerprint density at radius 1 is 0.941 bits per heavy atom. The molecule has 34 heavy (non-hydrogen) atoms. The summed E-state index contributed by atoms with van der Waals surface area (Å²) in [7, 11) is 0. The number of carbonyl (C=O) groups is 2. The minimum Gasteiger partial charge on any atom is -0.492 e. The van der Waals surface area contributed by atoms with Gasteiger partial charge in [0.15, 0.2) is 0 Å². The van der Waals surface area contributed by atoms with Crippen LogP contribution in [-0.2, 0) is 6.54 Å². The molecule has 3 aromatic rings. The van der Waals surface area contributed by atoms with Crippen molar-refractivity contribution in [3.8, 4) is 5.75 Å². The summed E-state index contributed by atoms with van der Waals surface area (Å²) in [5.41, 5.74) is 0.649. The molecule has 9 nitrogen and oxygen atoms in total. The maximum absolute atomic E-state index is 12.9. The molecule has 0 unspecified atom stereocenters. The summed E-state index contributed by atoms with van der Waals surface area (Å²) in [6.45, 7) is 1.48. The standard InChI is InChI=1S/C25H27N5O4/c31-23-12-11-22(28-30(23)17-18-34-21-9-5-2-6-10-21)24(32)29-15-13-20(14-16-29)27-25(33)26-19-7-3-1-4-8-19/h1-12,20H,13-18H2,(H2,26,27,33). The molecule has 1 saturated heterocycles. The lowest BCUT2D eigenvalue weighted by Crippen LogP contribution is -2.48. The Morgan fingerprint density at radius 2 is 1.62 bits per heavy atom. The van der Waals surface area contributed by atoms with E-state index in [2.05, 4.69) is 15.7 Å². The number of piperidine rings is 1. The number of urea groups is 1. The number of nitrogens with one attached hydrogen (secondary N) is 2. The number of benzene rings is 2. The van der Waals surface area contributed by atoms with E-state index in [4.69, 9.17) is 4.74 Å². The number of ether oxygens (including phenoxy) is 1. The lowest BCUT2D eigenvalue weighted by atomic mass is 10.0. The van der Waals surface area contributed by atoms with Crippen LogP contribution in [0.15, 0.2) is 77.6 Å². The highest BCUT2D eigenvalue weighted by Gasteiger charge is 2.25. The molecule has 2 heterocycles. The van der Waals surface area contributed by atoms with Crippen molar-refractivity contribution in [1.29, 1.82) is 0 Å². The number of nitrogens with zero attached hydrogens (tertiary/aromatic N) is 3. The number of hydrogen-bond acceptors (Lipinski definition) is 5. The van der Waals surface area contributed by atoms with E-state index in [9.17, 15) is 14.4 Å². The van der Waals surface area contributed by atoms with Gasteiger partial charge in [-0.2, -0.15) is 5.10 Å². The molecule has 176 valence electrons. The van der Waals surface area contributed by atoms with E-state index in [1.54, 1.807) is 4.90 Å². The van der Waals surface area contributed by atoms with Crippen LogP contribution in [0, 0.1) is 0 Å². The molecule has 1 fully saturated rings. The zero-order valence-corrected chi connectivity index (χ0v) is 18.7. The summed E-state index contributed by atoms with van der Waals surface area (Å²) < 4.78 is 6.88. The van der Waals surface area contributed by atoms with Crippen LogP contribution < -0.4 is 20.9 Å². The van der Waals surface area contributed by atoms with Crippen molar-refractivity contribution in [3.05, 3.63) is 88.8 Å². The molecule has 2 aromatic carbocycles. The predicted octanol–water partition coefficient (Wildman–Crippen LogP) is 2.75. The summed E-state index contributed by atoms with van der Waals surface area (Å²) in [5.74, 6) is 0.474. The van der Waals surface area contributed by atoms with Gasteiger partial charge in [-0.3, -0.25) is 9.59 Å². The average molecular weight is 462 g/mol. The summed E-state index contributed by atoms with van der Waals surface area (Å²) in [6, 6.07) is 21.1. The number of likely N-dealkylation sites (tertiary alicyclic amines) is 1. The number of anilines is 1. The summed E-state index contributed by atoms with van der Waals surface area (Å²) in [4.78, 5) is 39.0. The van der Waals surface area contributed by atoms with Crippen molar-refractivity contribution in [2.45, 2.75) is 25.4 Å². The molecule has 2 N–H and O–H groups in total. The molecule has 1 aliphatic heterocycles. The zero-order chi connectivity index (χ0) is 23.8. The predicted molar refractivity (Wildman–Crippen MR) is 128 cm³/mol. The summed E-state index contributed by atoms with van der Waals surface area (Å²) >= 11 is 0. The summed E-state index contributed by atoms with van der Waals surface area (Å²) in [6.07, 6.45) is 1.27. The van der Waals surface area contributed by atoms with Gasteiger partial charge in [-0.1, -0.05) is 36.4 Å². The van der Waals surface area contributed by atoms with Gasteiger partial charge in [-0.15, -0.1) is 0 Å². The molecule has 0 bridgehead atoms. The van der Waals surface area contributed by atoms with Crippen molar-refractivity contribution in [3.63, 3.8) is 0 Å². The SMILES string of the molecule is O=C(Nc1ccccc1)NC1CCN(C(=O)c2ccc(=O)n(CCOc3ccccc3)n2)CC1. The van der Waals surface area contributed by atoms with Crippen molar-refractivity contribution in [2.24, 2.45) is 0 Å². The highest BCUT2D eigenvalue weighted by molar-refractivity contribution is 5.92. The molecule has 0 radical (unpaired) electrons. The van der Waals surface area contributed by atoms with E-state index < -0.39 is 0 Å². The first-order valence-electron chi connectivity index (χ1n) is 11.3. The van der Waals surface area contributed by atoms with Crippen LogP contribution in [-0.4, -0.2) is 52.4 Å². The molecular weight excluding hydrogens is 434 g/mol. The third kappa shape index (κ3) is 6.22. The maximum Gasteiger partial charge on any atom is 0.319 e. The highest BCUT2D eigenvalue weighted by Crippen LogP contribution is 2.14. The number of hydrogen-bond donors (Lipinski definition) is 2. The van der Waals surface area contributed by atoms with Crippen LogP contribution in [0.2, 0.25) is 0 Å². The van der Waals surface area contributed by atoms with Gasteiger partial charge >= 0.3 is 6.03 Å². The summed E-state index contributed by atoms with van der Waals surface area (Å²) in [5, 5.41) is 10.0. The van der Waals surface area contributed by atoms with Crippen LogP contribution in [0.5, 0.6) is 5.75 Å². The minimum atomic E-state index is -0.291. The fourth-order valence-electron chi connectivity index (χ4n) is 3.75. The number of carbonyl (C=O) groups excluding carboxylic acids is 2. The Kier molecular flexibility index (Phi) is 7.54. The van der Waals surface area contributed by atoms with E-state index in [0.717, 1.165) is 5.69 Å². The quantitative estimate of drug-likeness (QED) is 0.563. The van der Waals surface area contributed by atoms with E-state index in [-0.39, 0.29) is 42.4 Å². The Bertz CT molecular complexity index is 1160. The van der Waals surface area contributed by atoms with Gasteiger partial charge in [-0.05, 0) is 43.2 Å². The monoisotopic (exact) mass is 461 g/mol. The smallest absolute Gasteiger partial charge is 0.319 e. The Hall–Kier alpha value is -4.14. The first kappa shape index (κ1) is 23.0. The first-order valence-corrected chi connectivity index (χ1v) is 11.3. The van der Waals surface area contributed by atoms with Crippen molar-refractivity contribution in [1.82, 2.24) is 20.0 Å². The van der Waals surface area contributed by atoms with Gasteiger partial charge < -0.3 is 20.3 Å². The molecule has 1 aromatic heterocycles. The first-order chi connectivity index (χ1) is 16.6. The van der Waals surface area contributed by atoms with Crippen LogP contribution >= 0.6 is 0 Å². The second kappa shape index (κ2) is 11.1. The fraction of sp³-hybridized carbons (Fsp3) is 0.280. The lowest BCUT2D eigenvalue weighted by molar-refractivity contribution is 0.0699. The Balaban J connectivity index is 1.27. The number of amides is 3. The second-order valence-corrected chi connectivity index (χ2v) is 7.97. The van der Waals surface area contributed by atoms with Gasteiger partial charge in [0, 0.05) is 30.9 Å². The molecule has 0 atom stereocenters. The molecule has 3 amide bonds. The molecule has 4 rings (SSSR count). The molecule has 0 saturated carbocycles. The molecule has 9 heteroatoms.